The number of carbonyl (C=O) groups is 5. The minimum Gasteiger partial charge on any atom is -0.463 e. The van der Waals surface area contributed by atoms with Crippen molar-refractivity contribution < 1.29 is 114 Å². The number of esters is 5. The Hall–Kier alpha value is -3.47. The summed E-state index contributed by atoms with van der Waals surface area (Å²) in [4.78, 5) is 56.6. The Kier molecular flexibility index (Phi) is 128. The average Bonchev–Trinajstić information content (AvgIpc) is 0.887. The van der Waals surface area contributed by atoms with Gasteiger partial charge in [-0.2, -0.15) is 0 Å². The molecule has 0 spiro atoms. The first-order valence-corrected chi connectivity index (χ1v) is 71.4. The summed E-state index contributed by atoms with van der Waals surface area (Å²) in [6, 6.07) is 3.43. The van der Waals surface area contributed by atoms with E-state index >= 15 is 0 Å². The van der Waals surface area contributed by atoms with Gasteiger partial charge in [0.05, 0.1) is 33.0 Å². The van der Waals surface area contributed by atoms with Gasteiger partial charge in [-0.15, -0.1) is 0 Å². The van der Waals surface area contributed by atoms with Crippen molar-refractivity contribution in [1.82, 2.24) is 0 Å². The highest BCUT2D eigenvalue weighted by molar-refractivity contribution is 6.62. The van der Waals surface area contributed by atoms with E-state index in [1.807, 2.05) is 0 Å². The summed E-state index contributed by atoms with van der Waals surface area (Å²) >= 11 is 0. The van der Waals surface area contributed by atoms with Crippen molar-refractivity contribution in [3.05, 3.63) is 63.3 Å². The van der Waals surface area contributed by atoms with Crippen molar-refractivity contribution in [3.8, 4) is 0 Å². The average molecular weight is 2220 g/mol. The van der Waals surface area contributed by atoms with Crippen LogP contribution in [0.4, 0.5) is 0 Å². The molecule has 0 saturated heterocycles. The van der Waals surface area contributed by atoms with E-state index in [2.05, 4.69) is 137 Å². The van der Waals surface area contributed by atoms with Crippen LogP contribution in [0.1, 0.15) is 521 Å². The SMILES string of the molecule is C=CC(=O)OCCC[Si](OCCCC)(OCCCC)OCCCC.C=CC(=O)OCCC[Si](OCCCCC)(OCCCCC)OCCCCC.C=CC(=O)OCCC[Si](OCCCCCC)(OCCCCCC)OCCCCCC.C=CC(=O)OCCC[Si](OCCCCCCC)(OCCCCCCC)OCCCCCCC.C=CC(=O)OCCC[Si](OCCCCCCCC)(OCCCCCCCC)OCCCCCCCC. The quantitative estimate of drug-likeness (QED) is 0.0180. The molecule has 0 aromatic heterocycles. The highest BCUT2D eigenvalue weighted by Crippen LogP contribution is 2.29. The van der Waals surface area contributed by atoms with E-state index in [0.717, 1.165) is 154 Å². The largest absolute Gasteiger partial charge is 0.501 e. The van der Waals surface area contributed by atoms with Gasteiger partial charge in [0.1, 0.15) is 0 Å². The molecule has 0 aliphatic heterocycles. The first-order chi connectivity index (χ1) is 73.2. The lowest BCUT2D eigenvalue weighted by molar-refractivity contribution is -0.138. The first-order valence-electron chi connectivity index (χ1n) is 61.7. The third kappa shape index (κ3) is 107. The van der Waals surface area contributed by atoms with Crippen LogP contribution in [-0.2, 0) is 114 Å². The summed E-state index contributed by atoms with van der Waals surface area (Å²) in [5.41, 5.74) is 0. The van der Waals surface area contributed by atoms with E-state index in [9.17, 15) is 24.0 Å². The van der Waals surface area contributed by atoms with Crippen molar-refractivity contribution in [2.45, 2.75) is 551 Å². The Labute approximate surface area is 929 Å². The zero-order valence-electron chi connectivity index (χ0n) is 100. The number of carbonyl (C=O) groups excluding carboxylic acids is 5. The maximum absolute atomic E-state index is 11.5. The van der Waals surface area contributed by atoms with E-state index in [1.54, 1.807) is 0 Å². The second-order valence-electron chi connectivity index (χ2n) is 39.4. The molecule has 890 valence electrons. The van der Waals surface area contributed by atoms with E-state index in [0.29, 0.717) is 194 Å². The van der Waals surface area contributed by atoms with Gasteiger partial charge in [0.2, 0.25) is 0 Å². The van der Waals surface area contributed by atoms with Crippen LogP contribution in [0.2, 0.25) is 30.2 Å². The predicted octanol–water partition coefficient (Wildman–Crippen LogP) is 34.2. The Balaban J connectivity index is -0.000000588. The molecule has 0 fully saturated rings. The number of unbranched alkanes of at least 4 members (excludes halogenated alkanes) is 45. The standard InChI is InChI=1S/C30H60O5Si.C27H54O5Si.C24H48O5Si.C21H42O5Si.C18H36O5Si/c1-5-9-12-15-18-21-26-33-36(29-24-25-32-30(31)8-4,34-27-22-19-16-13-10-6-2)35-28-23-20-17-14-11-7-3;1-5-9-12-15-18-23-30-33(26-21-22-29-27(28)8-4,31-24-19-16-13-10-6-2)32-25-20-17-14-11-7-3;1-5-9-12-15-20-27-30(28-21-16-13-10-6-2,29-22-17-14-11-7-3)23-18-19-26-24(25)8-4;1-5-9-12-17-24-27(25-18-13-10-6-2,26-19-14-11-7-3)20-15-16-23-21(22)8-4;1-5-9-14-21-24(22-15-10-6-2,23-16-11-7-3)17-12-13-20-18(19)8-4/h8H,4-7,9-29H2,1-3H3;8H,4-7,9-26H2,1-3H3;8H,4-7,9-23H2,1-3H3;8H,4-7,9-20H2,1-3H3;8H,4-7,9-17H2,1-3H3. The second kappa shape index (κ2) is 124. The lowest BCUT2D eigenvalue weighted by Gasteiger charge is -2.30. The fourth-order valence-electron chi connectivity index (χ4n) is 15.6. The van der Waals surface area contributed by atoms with Crippen LogP contribution in [0.3, 0.4) is 0 Å². The number of ether oxygens (including phenoxy) is 5. The molecule has 0 bridgehead atoms. The molecule has 0 rings (SSSR count). The molecule has 0 N–H and O–H groups in total. The molecule has 0 amide bonds. The Morgan fingerprint density at radius 2 is 0.227 bits per heavy atom. The monoisotopic (exact) mass is 2220 g/mol. The van der Waals surface area contributed by atoms with Gasteiger partial charge in [-0.25, -0.2) is 24.0 Å². The Morgan fingerprint density at radius 1 is 0.133 bits per heavy atom. The van der Waals surface area contributed by atoms with E-state index in [1.165, 1.54) is 262 Å². The minimum absolute atomic E-state index is 0.338. The van der Waals surface area contributed by atoms with Crippen LogP contribution in [0.15, 0.2) is 63.3 Å². The minimum atomic E-state index is -2.82. The summed E-state index contributed by atoms with van der Waals surface area (Å²) in [6.07, 6.45) is 79.6. The molecule has 0 saturated carbocycles. The van der Waals surface area contributed by atoms with Crippen molar-refractivity contribution >= 4 is 73.9 Å². The van der Waals surface area contributed by atoms with Gasteiger partial charge in [-0.1, -0.05) is 426 Å². The highest BCUT2D eigenvalue weighted by Gasteiger charge is 2.45. The molecule has 0 atom stereocenters. The van der Waals surface area contributed by atoms with Crippen molar-refractivity contribution in [1.29, 1.82) is 0 Å². The van der Waals surface area contributed by atoms with Gasteiger partial charge in [-0.3, -0.25) is 0 Å². The summed E-state index contributed by atoms with van der Waals surface area (Å²) in [6.45, 7) is 62.1. The maximum atomic E-state index is 11.5. The molecule has 0 heterocycles. The topological polar surface area (TPSA) is 270 Å². The third-order valence-electron chi connectivity index (χ3n) is 25.0. The lowest BCUT2D eigenvalue weighted by Crippen LogP contribution is -2.47. The second-order valence-corrected chi connectivity index (χ2v) is 53.1. The fraction of sp³-hybridized carbons (Fsp3) is 0.875. The van der Waals surface area contributed by atoms with Gasteiger partial charge >= 0.3 is 73.9 Å². The fourth-order valence-corrected chi connectivity index (χ4v) is 28.7. The third-order valence-corrected chi connectivity index (χ3v) is 39.5. The Morgan fingerprint density at radius 3 is 0.347 bits per heavy atom. The first kappa shape index (κ1) is 155. The van der Waals surface area contributed by atoms with Crippen LogP contribution in [0, 0.1) is 0 Å². The lowest BCUT2D eigenvalue weighted by atomic mass is 10.1. The van der Waals surface area contributed by atoms with Gasteiger partial charge in [0.15, 0.2) is 0 Å². The molecule has 0 aliphatic rings. The predicted molar refractivity (Wildman–Crippen MR) is 633 cm³/mol. The number of hydrogen-bond acceptors (Lipinski definition) is 25. The summed E-state index contributed by atoms with van der Waals surface area (Å²) in [5, 5.41) is 0. The van der Waals surface area contributed by atoms with Crippen LogP contribution < -0.4 is 0 Å². The van der Waals surface area contributed by atoms with E-state index < -0.39 is 50.0 Å². The molecule has 0 aromatic carbocycles. The van der Waals surface area contributed by atoms with E-state index in [4.69, 9.17) is 90.1 Å². The smallest absolute Gasteiger partial charge is 0.463 e. The van der Waals surface area contributed by atoms with Crippen molar-refractivity contribution in [3.63, 3.8) is 0 Å². The zero-order valence-corrected chi connectivity index (χ0v) is 105. The van der Waals surface area contributed by atoms with Crippen LogP contribution in [0.25, 0.3) is 0 Å². The number of rotatable bonds is 115. The van der Waals surface area contributed by atoms with Gasteiger partial charge in [-0.05, 0) is 128 Å². The Bertz CT molecular complexity index is 2690. The maximum Gasteiger partial charge on any atom is 0.501 e. The molecule has 150 heavy (non-hydrogen) atoms. The van der Waals surface area contributed by atoms with Gasteiger partial charge < -0.3 is 90.1 Å². The van der Waals surface area contributed by atoms with Gasteiger partial charge in [0.25, 0.3) is 0 Å². The van der Waals surface area contributed by atoms with E-state index in [-0.39, 0.29) is 23.9 Å². The molecule has 0 unspecified atom stereocenters. The highest BCUT2D eigenvalue weighted by atomic mass is 28.4. The van der Waals surface area contributed by atoms with Crippen LogP contribution in [-0.4, -0.2) is 206 Å². The van der Waals surface area contributed by atoms with Crippen molar-refractivity contribution in [2.24, 2.45) is 0 Å². The molecule has 25 nitrogen and oxygen atoms in total. The van der Waals surface area contributed by atoms with Gasteiger partial charge in [0, 0.05) is 160 Å². The normalized spacial score (nSPS) is 11.6. The molecule has 30 heteroatoms. The van der Waals surface area contributed by atoms with Crippen LogP contribution >= 0.6 is 0 Å². The molecule has 0 aromatic rings. The molecular weight excluding hydrogens is 1980 g/mol. The summed E-state index contributed by atoms with van der Waals surface area (Å²) in [5.74, 6) is -1.93. The van der Waals surface area contributed by atoms with Crippen molar-refractivity contribution in [2.75, 3.05) is 132 Å². The molecule has 0 radical (unpaired) electrons. The molecular formula is C120H240O25Si5. The zero-order chi connectivity index (χ0) is 112. The van der Waals surface area contributed by atoms with Crippen LogP contribution in [0.5, 0.6) is 0 Å². The molecule has 0 aliphatic carbocycles. The summed E-state index contributed by atoms with van der Waals surface area (Å²) < 4.78 is 121. The number of hydrogen-bond donors (Lipinski definition) is 0. The summed E-state index contributed by atoms with van der Waals surface area (Å²) in [7, 11) is -13.8.